The number of halogens is 2. The third kappa shape index (κ3) is 6.38. The van der Waals surface area contributed by atoms with E-state index in [0.717, 1.165) is 35.8 Å². The Kier molecular flexibility index (Phi) is 8.44. The molecule has 0 radical (unpaired) electrons. The van der Waals surface area contributed by atoms with Gasteiger partial charge in [0.1, 0.15) is 6.04 Å². The fraction of sp³-hybridized carbons (Fsp3) is 0.435. The van der Waals surface area contributed by atoms with E-state index >= 15 is 0 Å². The van der Waals surface area contributed by atoms with Gasteiger partial charge >= 0.3 is 0 Å². The highest BCUT2D eigenvalue weighted by Gasteiger charge is 2.31. The molecule has 1 aliphatic heterocycles. The van der Waals surface area contributed by atoms with Gasteiger partial charge in [0.2, 0.25) is 15.9 Å². The topological polar surface area (TPSA) is 69.7 Å². The number of hydrogen-bond acceptors (Lipinski definition) is 4. The SMILES string of the molecule is CC[C@H](C(=O)NCc1cccc(CN2CCCC2)c1)N(c1ccc(Cl)c(Cl)c1)S(C)(=O)=O. The van der Waals surface area contributed by atoms with Crippen LogP contribution in [0, 0.1) is 0 Å². The lowest BCUT2D eigenvalue weighted by molar-refractivity contribution is -0.122. The lowest BCUT2D eigenvalue weighted by atomic mass is 10.1. The number of carbonyl (C=O) groups excluding carboxylic acids is 1. The summed E-state index contributed by atoms with van der Waals surface area (Å²) in [5.74, 6) is -0.367. The molecule has 2 aromatic carbocycles. The van der Waals surface area contributed by atoms with E-state index in [4.69, 9.17) is 23.2 Å². The third-order valence-electron chi connectivity index (χ3n) is 5.55. The van der Waals surface area contributed by atoms with Crippen molar-refractivity contribution in [2.24, 2.45) is 0 Å². The molecule has 1 atom stereocenters. The summed E-state index contributed by atoms with van der Waals surface area (Å²) in [7, 11) is -3.74. The maximum absolute atomic E-state index is 13.0. The first kappa shape index (κ1) is 24.8. The van der Waals surface area contributed by atoms with Crippen molar-refractivity contribution in [3.63, 3.8) is 0 Å². The molecule has 3 rings (SSSR count). The Hall–Kier alpha value is -1.80. The van der Waals surface area contributed by atoms with E-state index in [1.807, 2.05) is 12.1 Å². The van der Waals surface area contributed by atoms with Crippen LogP contribution in [0.4, 0.5) is 5.69 Å². The molecule has 1 aliphatic rings. The summed E-state index contributed by atoms with van der Waals surface area (Å²) >= 11 is 12.1. The molecule has 0 spiro atoms. The Morgan fingerprint density at radius 3 is 2.41 bits per heavy atom. The van der Waals surface area contributed by atoms with E-state index in [-0.39, 0.29) is 10.9 Å². The first-order valence-corrected chi connectivity index (χ1v) is 13.3. The number of nitrogens with zero attached hydrogens (tertiary/aromatic N) is 2. The second-order valence-corrected chi connectivity index (χ2v) is 10.8. The van der Waals surface area contributed by atoms with Gasteiger partial charge in [-0.05, 0) is 61.7 Å². The van der Waals surface area contributed by atoms with Crippen LogP contribution in [0.2, 0.25) is 10.0 Å². The number of carbonyl (C=O) groups is 1. The van der Waals surface area contributed by atoms with Crippen molar-refractivity contribution < 1.29 is 13.2 Å². The zero-order chi connectivity index (χ0) is 23.3. The molecule has 32 heavy (non-hydrogen) atoms. The highest BCUT2D eigenvalue weighted by molar-refractivity contribution is 7.92. The largest absolute Gasteiger partial charge is 0.350 e. The number of amides is 1. The average molecular weight is 498 g/mol. The second-order valence-electron chi connectivity index (χ2n) is 8.10. The van der Waals surface area contributed by atoms with Gasteiger partial charge in [0.05, 0.1) is 22.0 Å². The summed E-state index contributed by atoms with van der Waals surface area (Å²) in [6.07, 6.45) is 3.86. The van der Waals surface area contributed by atoms with Gasteiger partial charge in [0.25, 0.3) is 0 Å². The Morgan fingerprint density at radius 1 is 1.09 bits per heavy atom. The predicted molar refractivity (Wildman–Crippen MR) is 131 cm³/mol. The third-order valence-corrected chi connectivity index (χ3v) is 7.47. The number of hydrogen-bond donors (Lipinski definition) is 1. The first-order chi connectivity index (χ1) is 15.2. The van der Waals surface area contributed by atoms with Gasteiger partial charge in [-0.25, -0.2) is 8.42 Å². The van der Waals surface area contributed by atoms with Gasteiger partial charge in [-0.15, -0.1) is 0 Å². The van der Waals surface area contributed by atoms with Crippen molar-refractivity contribution in [2.45, 2.75) is 45.3 Å². The molecule has 1 fully saturated rings. The van der Waals surface area contributed by atoms with Crippen molar-refractivity contribution in [3.05, 3.63) is 63.6 Å². The monoisotopic (exact) mass is 497 g/mol. The fourth-order valence-corrected chi connectivity index (χ4v) is 5.52. The summed E-state index contributed by atoms with van der Waals surface area (Å²) in [4.78, 5) is 15.5. The minimum Gasteiger partial charge on any atom is -0.350 e. The molecule has 1 heterocycles. The number of anilines is 1. The molecule has 0 aromatic heterocycles. The molecule has 0 unspecified atom stereocenters. The van der Waals surface area contributed by atoms with E-state index in [2.05, 4.69) is 22.3 Å². The summed E-state index contributed by atoms with van der Waals surface area (Å²) in [5.41, 5.74) is 2.49. The van der Waals surface area contributed by atoms with E-state index in [1.165, 1.54) is 30.5 Å². The van der Waals surface area contributed by atoms with Gasteiger partial charge in [-0.3, -0.25) is 14.0 Å². The molecule has 0 saturated carbocycles. The van der Waals surface area contributed by atoms with Crippen molar-refractivity contribution in [1.82, 2.24) is 10.2 Å². The van der Waals surface area contributed by atoms with Gasteiger partial charge < -0.3 is 5.32 Å². The highest BCUT2D eigenvalue weighted by Crippen LogP contribution is 2.30. The summed E-state index contributed by atoms with van der Waals surface area (Å²) < 4.78 is 26.3. The molecule has 9 heteroatoms. The molecular formula is C23H29Cl2N3O3S. The van der Waals surface area contributed by atoms with E-state index in [9.17, 15) is 13.2 Å². The number of benzene rings is 2. The Morgan fingerprint density at radius 2 is 1.78 bits per heavy atom. The molecule has 1 saturated heterocycles. The Balaban J connectivity index is 1.73. The first-order valence-electron chi connectivity index (χ1n) is 10.7. The van der Waals surface area contributed by atoms with E-state index < -0.39 is 16.1 Å². The summed E-state index contributed by atoms with van der Waals surface area (Å²) in [6, 6.07) is 11.8. The summed E-state index contributed by atoms with van der Waals surface area (Å²) in [5, 5.41) is 3.44. The molecule has 0 bridgehead atoms. The van der Waals surface area contributed by atoms with Crippen molar-refractivity contribution >= 4 is 44.8 Å². The predicted octanol–water partition coefficient (Wildman–Crippen LogP) is 4.45. The molecule has 2 aromatic rings. The summed E-state index contributed by atoms with van der Waals surface area (Å²) in [6.45, 7) is 5.24. The standard InChI is InChI=1S/C23H29Cl2N3O3S/c1-3-22(28(32(2,30)31)19-9-10-20(24)21(25)14-19)23(29)26-15-17-7-6-8-18(13-17)16-27-11-4-5-12-27/h6-10,13-14,22H,3-5,11-12,15-16H2,1-2H3,(H,26,29)/t22-/m1/s1. The van der Waals surface area contributed by atoms with Crippen molar-refractivity contribution in [3.8, 4) is 0 Å². The minimum atomic E-state index is -3.74. The van der Waals surface area contributed by atoms with Crippen LogP contribution in [0.15, 0.2) is 42.5 Å². The van der Waals surface area contributed by atoms with Crippen LogP contribution in [0.25, 0.3) is 0 Å². The smallest absolute Gasteiger partial charge is 0.244 e. The lowest BCUT2D eigenvalue weighted by Crippen LogP contribution is -2.49. The maximum atomic E-state index is 13.0. The zero-order valence-corrected chi connectivity index (χ0v) is 20.7. The number of likely N-dealkylation sites (tertiary alicyclic amines) is 1. The van der Waals surface area contributed by atoms with Crippen LogP contribution >= 0.6 is 23.2 Å². The molecule has 1 N–H and O–H groups in total. The molecule has 1 amide bonds. The number of nitrogens with one attached hydrogen (secondary N) is 1. The van der Waals surface area contributed by atoms with Crippen LogP contribution in [0.3, 0.4) is 0 Å². The van der Waals surface area contributed by atoms with Crippen LogP contribution in [-0.2, 0) is 27.9 Å². The highest BCUT2D eigenvalue weighted by atomic mass is 35.5. The van der Waals surface area contributed by atoms with Gasteiger partial charge in [0, 0.05) is 13.1 Å². The van der Waals surface area contributed by atoms with Crippen LogP contribution in [-0.4, -0.2) is 44.6 Å². The molecular weight excluding hydrogens is 469 g/mol. The van der Waals surface area contributed by atoms with Gasteiger partial charge in [0.15, 0.2) is 0 Å². The van der Waals surface area contributed by atoms with E-state index in [0.29, 0.717) is 23.7 Å². The Bertz CT molecular complexity index is 1060. The van der Waals surface area contributed by atoms with E-state index in [1.54, 1.807) is 13.0 Å². The van der Waals surface area contributed by atoms with Gasteiger partial charge in [-0.2, -0.15) is 0 Å². The van der Waals surface area contributed by atoms with Crippen LogP contribution < -0.4 is 9.62 Å². The molecule has 174 valence electrons. The fourth-order valence-electron chi connectivity index (χ4n) is 4.03. The minimum absolute atomic E-state index is 0.225. The second kappa shape index (κ2) is 10.9. The number of rotatable bonds is 9. The van der Waals surface area contributed by atoms with Crippen LogP contribution in [0.5, 0.6) is 0 Å². The van der Waals surface area contributed by atoms with Gasteiger partial charge in [-0.1, -0.05) is 54.4 Å². The van der Waals surface area contributed by atoms with Crippen LogP contribution in [0.1, 0.15) is 37.3 Å². The number of sulfonamides is 1. The lowest BCUT2D eigenvalue weighted by Gasteiger charge is -2.30. The maximum Gasteiger partial charge on any atom is 0.244 e. The van der Waals surface area contributed by atoms with Crippen molar-refractivity contribution in [1.29, 1.82) is 0 Å². The molecule has 0 aliphatic carbocycles. The average Bonchev–Trinajstić information content (AvgIpc) is 3.25. The van der Waals surface area contributed by atoms with Crippen molar-refractivity contribution in [2.75, 3.05) is 23.7 Å². The normalized spacial score (nSPS) is 15.5. The molecule has 6 nitrogen and oxygen atoms in total. The zero-order valence-electron chi connectivity index (χ0n) is 18.4. The Labute approximate surface area is 200 Å². The quantitative estimate of drug-likeness (QED) is 0.555.